The van der Waals surface area contributed by atoms with Gasteiger partial charge in [-0.2, -0.15) is 0 Å². The summed E-state index contributed by atoms with van der Waals surface area (Å²) < 4.78 is 10.2. The second-order valence-corrected chi connectivity index (χ2v) is 6.74. The molecule has 3 rings (SSSR count). The molecule has 2 aliphatic rings. The van der Waals surface area contributed by atoms with Crippen molar-refractivity contribution in [3.63, 3.8) is 0 Å². The highest BCUT2D eigenvalue weighted by Crippen LogP contribution is 2.28. The van der Waals surface area contributed by atoms with Crippen molar-refractivity contribution in [1.82, 2.24) is 10.2 Å². The lowest BCUT2D eigenvalue weighted by Gasteiger charge is -2.22. The molecule has 0 bridgehead atoms. The lowest BCUT2D eigenvalue weighted by Crippen LogP contribution is -2.46. The Morgan fingerprint density at radius 3 is 2.59 bits per heavy atom. The number of hydrogen-bond donors (Lipinski definition) is 2. The maximum Gasteiger partial charge on any atom is 0.326 e. The number of ether oxygens (including phenoxy) is 2. The Labute approximate surface area is 166 Å². The van der Waals surface area contributed by atoms with Crippen molar-refractivity contribution in [3.05, 3.63) is 23.8 Å². The first-order valence-corrected chi connectivity index (χ1v) is 9.19. The van der Waals surface area contributed by atoms with E-state index in [0.29, 0.717) is 24.3 Å². The van der Waals surface area contributed by atoms with Crippen molar-refractivity contribution in [1.29, 1.82) is 0 Å². The minimum Gasteiger partial charge on any atom is -0.482 e. The van der Waals surface area contributed by atoms with Gasteiger partial charge in [-0.25, -0.2) is 4.79 Å². The van der Waals surface area contributed by atoms with Gasteiger partial charge in [0, 0.05) is 5.56 Å². The SMILES string of the molecule is CCC1(CC)NC(=O)N(CC(=O)OCC(=O)c2ccc3c(c2)NC(=O)CO3)C1=O. The summed E-state index contributed by atoms with van der Waals surface area (Å²) in [7, 11) is 0. The maximum absolute atomic E-state index is 12.5. The van der Waals surface area contributed by atoms with E-state index in [1.807, 2.05) is 0 Å². The number of nitrogens with one attached hydrogen (secondary N) is 2. The molecule has 0 aromatic heterocycles. The smallest absolute Gasteiger partial charge is 0.326 e. The molecule has 2 heterocycles. The predicted molar refractivity (Wildman–Crippen MR) is 99.4 cm³/mol. The molecule has 1 fully saturated rings. The summed E-state index contributed by atoms with van der Waals surface area (Å²) in [5, 5.41) is 5.20. The standard InChI is InChI=1S/C19H21N3O7/c1-3-19(4-2)17(26)22(18(27)21-19)8-16(25)29-9-13(23)11-5-6-14-12(7-11)20-15(24)10-28-14/h5-7H,3-4,8-10H2,1-2H3,(H,20,24)(H,21,27). The van der Waals surface area contributed by atoms with E-state index < -0.39 is 42.4 Å². The number of esters is 1. The van der Waals surface area contributed by atoms with Crippen LogP contribution in [0.4, 0.5) is 10.5 Å². The van der Waals surface area contributed by atoms with Gasteiger partial charge in [0.25, 0.3) is 11.8 Å². The highest BCUT2D eigenvalue weighted by Gasteiger charge is 2.49. The van der Waals surface area contributed by atoms with Gasteiger partial charge in [0.2, 0.25) is 0 Å². The molecule has 0 unspecified atom stereocenters. The Bertz CT molecular complexity index is 892. The molecule has 0 atom stereocenters. The molecule has 2 N–H and O–H groups in total. The second-order valence-electron chi connectivity index (χ2n) is 6.74. The van der Waals surface area contributed by atoms with Crippen molar-refractivity contribution in [2.75, 3.05) is 25.1 Å². The van der Waals surface area contributed by atoms with E-state index in [9.17, 15) is 24.0 Å². The van der Waals surface area contributed by atoms with Crippen LogP contribution >= 0.6 is 0 Å². The molecule has 154 valence electrons. The molecule has 0 aliphatic carbocycles. The largest absolute Gasteiger partial charge is 0.482 e. The molecule has 0 spiro atoms. The van der Waals surface area contributed by atoms with Crippen LogP contribution < -0.4 is 15.4 Å². The molecule has 1 aromatic rings. The number of imide groups is 1. The zero-order chi connectivity index (χ0) is 21.2. The minimum absolute atomic E-state index is 0.0992. The molecule has 4 amide bonds. The maximum atomic E-state index is 12.5. The topological polar surface area (TPSA) is 131 Å². The number of benzene rings is 1. The van der Waals surface area contributed by atoms with Crippen molar-refractivity contribution >= 4 is 35.3 Å². The quantitative estimate of drug-likeness (QED) is 0.392. The molecule has 0 radical (unpaired) electrons. The molecular formula is C19H21N3O7. The molecule has 10 heteroatoms. The summed E-state index contributed by atoms with van der Waals surface area (Å²) in [4.78, 5) is 61.1. The van der Waals surface area contributed by atoms with Gasteiger partial charge in [-0.05, 0) is 31.0 Å². The minimum atomic E-state index is -1.01. The Balaban J connectivity index is 1.58. The van der Waals surface area contributed by atoms with Crippen molar-refractivity contribution in [2.24, 2.45) is 0 Å². The highest BCUT2D eigenvalue weighted by molar-refractivity contribution is 6.09. The monoisotopic (exact) mass is 403 g/mol. The lowest BCUT2D eigenvalue weighted by atomic mass is 9.93. The van der Waals surface area contributed by atoms with Crippen molar-refractivity contribution in [2.45, 2.75) is 32.2 Å². The predicted octanol–water partition coefficient (Wildman–Crippen LogP) is 0.854. The van der Waals surface area contributed by atoms with E-state index in [1.165, 1.54) is 18.2 Å². The summed E-state index contributed by atoms with van der Waals surface area (Å²) in [6, 6.07) is 3.79. The summed E-state index contributed by atoms with van der Waals surface area (Å²) in [6.45, 7) is 2.30. The third-order valence-electron chi connectivity index (χ3n) is 5.04. The van der Waals surface area contributed by atoms with E-state index in [0.717, 1.165) is 4.90 Å². The number of rotatable bonds is 7. The average molecular weight is 403 g/mol. The van der Waals surface area contributed by atoms with E-state index in [-0.39, 0.29) is 18.1 Å². The van der Waals surface area contributed by atoms with Crippen LogP contribution in [0.3, 0.4) is 0 Å². The van der Waals surface area contributed by atoms with Gasteiger partial charge in [0.15, 0.2) is 19.0 Å². The summed E-state index contributed by atoms with van der Waals surface area (Å²) >= 11 is 0. The fourth-order valence-electron chi connectivity index (χ4n) is 3.21. The van der Waals surface area contributed by atoms with Crippen LogP contribution in [-0.4, -0.2) is 59.8 Å². The van der Waals surface area contributed by atoms with Gasteiger partial charge in [0.1, 0.15) is 17.8 Å². The van der Waals surface area contributed by atoms with Crippen molar-refractivity contribution < 1.29 is 33.4 Å². The van der Waals surface area contributed by atoms with Gasteiger partial charge >= 0.3 is 12.0 Å². The second kappa shape index (κ2) is 7.90. The first kappa shape index (κ1) is 20.3. The van der Waals surface area contributed by atoms with Gasteiger partial charge in [-0.15, -0.1) is 0 Å². The number of nitrogens with zero attached hydrogens (tertiary/aromatic N) is 1. The van der Waals surface area contributed by atoms with Crippen LogP contribution in [0.15, 0.2) is 18.2 Å². The van der Waals surface area contributed by atoms with Crippen LogP contribution in [0.25, 0.3) is 0 Å². The fourth-order valence-corrected chi connectivity index (χ4v) is 3.21. The van der Waals surface area contributed by atoms with E-state index in [1.54, 1.807) is 13.8 Å². The Morgan fingerprint density at radius 2 is 1.93 bits per heavy atom. The van der Waals surface area contributed by atoms with E-state index in [2.05, 4.69) is 10.6 Å². The van der Waals surface area contributed by atoms with Crippen LogP contribution in [-0.2, 0) is 19.1 Å². The van der Waals surface area contributed by atoms with Gasteiger partial charge in [-0.3, -0.25) is 24.1 Å². The van der Waals surface area contributed by atoms with Gasteiger partial charge in [0.05, 0.1) is 5.69 Å². The first-order chi connectivity index (χ1) is 13.8. The normalized spacial score (nSPS) is 17.2. The number of carbonyl (C=O) groups is 5. The molecule has 10 nitrogen and oxygen atoms in total. The third kappa shape index (κ3) is 3.91. The number of urea groups is 1. The van der Waals surface area contributed by atoms with E-state index in [4.69, 9.17) is 9.47 Å². The van der Waals surface area contributed by atoms with Crippen LogP contribution in [0, 0.1) is 0 Å². The van der Waals surface area contributed by atoms with Gasteiger partial charge in [-0.1, -0.05) is 13.8 Å². The first-order valence-electron chi connectivity index (χ1n) is 9.19. The Hall–Kier alpha value is -3.43. The molecule has 1 saturated heterocycles. The third-order valence-corrected chi connectivity index (χ3v) is 5.04. The summed E-state index contributed by atoms with van der Waals surface area (Å²) in [6.07, 6.45) is 0.799. The highest BCUT2D eigenvalue weighted by atomic mass is 16.5. The Kier molecular flexibility index (Phi) is 5.53. The van der Waals surface area contributed by atoms with Crippen LogP contribution in [0.1, 0.15) is 37.0 Å². The summed E-state index contributed by atoms with van der Waals surface area (Å²) in [5.41, 5.74) is -0.440. The molecule has 0 saturated carbocycles. The average Bonchev–Trinajstić information content (AvgIpc) is 2.96. The van der Waals surface area contributed by atoms with Gasteiger partial charge < -0.3 is 20.1 Å². The number of hydrogen-bond acceptors (Lipinski definition) is 7. The molecular weight excluding hydrogens is 382 g/mol. The number of Topliss-reactive ketones (excluding diaryl/α,β-unsaturated/α-hetero) is 1. The zero-order valence-electron chi connectivity index (χ0n) is 16.1. The molecule has 1 aromatic carbocycles. The Morgan fingerprint density at radius 1 is 1.21 bits per heavy atom. The van der Waals surface area contributed by atoms with Crippen LogP contribution in [0.2, 0.25) is 0 Å². The molecule has 2 aliphatic heterocycles. The fraction of sp³-hybridized carbons (Fsp3) is 0.421. The number of anilines is 1. The number of amides is 4. The summed E-state index contributed by atoms with van der Waals surface area (Å²) in [5.74, 6) is -1.76. The zero-order valence-corrected chi connectivity index (χ0v) is 16.1. The lowest BCUT2D eigenvalue weighted by molar-refractivity contribution is -0.146. The van der Waals surface area contributed by atoms with Crippen molar-refractivity contribution in [3.8, 4) is 5.75 Å². The van der Waals surface area contributed by atoms with E-state index >= 15 is 0 Å². The number of ketones is 1. The number of fused-ring (bicyclic) bond motifs is 1. The molecule has 29 heavy (non-hydrogen) atoms. The van der Waals surface area contributed by atoms with Crippen LogP contribution in [0.5, 0.6) is 5.75 Å². The number of carbonyl (C=O) groups excluding carboxylic acids is 5.